The van der Waals surface area contributed by atoms with E-state index in [9.17, 15) is 18.0 Å². The molecule has 0 unspecified atom stereocenters. The molecule has 0 radical (unpaired) electrons. The average Bonchev–Trinajstić information content (AvgIpc) is 2.83. The minimum Gasteiger partial charge on any atom is -0.484 e. The number of amides is 2. The molecule has 1 N–H and O–H groups in total. The highest BCUT2D eigenvalue weighted by atomic mass is 32.2. The van der Waals surface area contributed by atoms with Gasteiger partial charge >= 0.3 is 0 Å². The molecule has 2 aromatic carbocycles. The summed E-state index contributed by atoms with van der Waals surface area (Å²) in [6.45, 7) is 3.07. The molecule has 0 aliphatic carbocycles. The Balaban J connectivity index is 1.53. The number of sulfonamides is 1. The first-order chi connectivity index (χ1) is 16.3. The van der Waals surface area contributed by atoms with E-state index < -0.39 is 22.0 Å². The second-order valence-electron chi connectivity index (χ2n) is 8.10. The molecule has 0 aromatic heterocycles. The number of hydrazone groups is 1. The Bertz CT molecular complexity index is 1100. The Kier molecular flexibility index (Phi) is 8.64. The minimum atomic E-state index is -3.68. The van der Waals surface area contributed by atoms with Crippen LogP contribution in [0.5, 0.6) is 5.75 Å². The van der Waals surface area contributed by atoms with Crippen molar-refractivity contribution < 1.29 is 22.7 Å². The highest BCUT2D eigenvalue weighted by Crippen LogP contribution is 2.20. The number of carbonyl (C=O) groups excluding carboxylic acids is 2. The molecular weight excluding hydrogens is 456 g/mol. The first-order valence-electron chi connectivity index (χ1n) is 11.1. The van der Waals surface area contributed by atoms with Gasteiger partial charge in [0, 0.05) is 13.1 Å². The van der Waals surface area contributed by atoms with Gasteiger partial charge in [-0.15, -0.1) is 0 Å². The topological polar surface area (TPSA) is 108 Å². The number of ether oxygens (including phenoxy) is 1. The molecule has 0 saturated carbocycles. The third kappa shape index (κ3) is 7.05. The van der Waals surface area contributed by atoms with Gasteiger partial charge in [-0.3, -0.25) is 13.9 Å². The van der Waals surface area contributed by atoms with E-state index in [4.69, 9.17) is 4.74 Å². The zero-order chi connectivity index (χ0) is 24.6. The second-order valence-corrected chi connectivity index (χ2v) is 9.96. The fourth-order valence-electron chi connectivity index (χ4n) is 3.68. The molecule has 1 fully saturated rings. The molecule has 1 atom stereocenters. The lowest BCUT2D eigenvalue weighted by atomic mass is 10.1. The van der Waals surface area contributed by atoms with Crippen molar-refractivity contribution in [2.24, 2.45) is 5.10 Å². The normalized spacial score (nSPS) is 15.1. The summed E-state index contributed by atoms with van der Waals surface area (Å²) in [5, 5.41) is 3.94. The molecule has 3 rings (SSSR count). The molecule has 1 aliphatic rings. The Morgan fingerprint density at radius 1 is 1.09 bits per heavy atom. The van der Waals surface area contributed by atoms with Gasteiger partial charge in [0.05, 0.1) is 18.2 Å². The van der Waals surface area contributed by atoms with Gasteiger partial charge in [-0.1, -0.05) is 18.2 Å². The van der Waals surface area contributed by atoms with E-state index in [-0.39, 0.29) is 12.5 Å². The molecular formula is C24H30N4O5S. The number of piperidine rings is 1. The zero-order valence-electron chi connectivity index (χ0n) is 19.4. The number of nitrogens with one attached hydrogen (secondary N) is 1. The van der Waals surface area contributed by atoms with Crippen LogP contribution in [0.3, 0.4) is 0 Å². The quantitative estimate of drug-likeness (QED) is 0.432. The third-order valence-corrected chi connectivity index (χ3v) is 6.68. The summed E-state index contributed by atoms with van der Waals surface area (Å²) in [6.07, 6.45) is 5.73. The van der Waals surface area contributed by atoms with Gasteiger partial charge in [-0.25, -0.2) is 13.8 Å². The van der Waals surface area contributed by atoms with Gasteiger partial charge in [0.1, 0.15) is 11.8 Å². The van der Waals surface area contributed by atoms with E-state index in [1.165, 1.54) is 13.1 Å². The molecule has 1 heterocycles. The minimum absolute atomic E-state index is 0.000365. The molecule has 34 heavy (non-hydrogen) atoms. The van der Waals surface area contributed by atoms with Gasteiger partial charge in [-0.05, 0) is 68.1 Å². The molecule has 0 bridgehead atoms. The molecule has 1 saturated heterocycles. The van der Waals surface area contributed by atoms with Crippen LogP contribution in [0.4, 0.5) is 5.69 Å². The number of carbonyl (C=O) groups is 2. The number of para-hydroxylation sites is 1. The van der Waals surface area contributed by atoms with Gasteiger partial charge in [0.15, 0.2) is 6.61 Å². The second kappa shape index (κ2) is 11.6. The van der Waals surface area contributed by atoms with E-state index in [0.29, 0.717) is 17.0 Å². The van der Waals surface area contributed by atoms with Crippen LogP contribution in [0.15, 0.2) is 59.7 Å². The highest BCUT2D eigenvalue weighted by Gasteiger charge is 2.28. The Morgan fingerprint density at radius 3 is 2.35 bits per heavy atom. The fourth-order valence-corrected chi connectivity index (χ4v) is 4.85. The van der Waals surface area contributed by atoms with Gasteiger partial charge in [0.2, 0.25) is 10.0 Å². The summed E-state index contributed by atoms with van der Waals surface area (Å²) in [4.78, 5) is 26.6. The van der Waals surface area contributed by atoms with Crippen LogP contribution in [0.25, 0.3) is 0 Å². The zero-order valence-corrected chi connectivity index (χ0v) is 20.2. The summed E-state index contributed by atoms with van der Waals surface area (Å²) >= 11 is 0. The van der Waals surface area contributed by atoms with E-state index in [2.05, 4.69) is 10.5 Å². The van der Waals surface area contributed by atoms with Crippen LogP contribution in [0.1, 0.15) is 31.7 Å². The maximum absolute atomic E-state index is 12.5. The molecule has 182 valence electrons. The Labute approximate surface area is 200 Å². The lowest BCUT2D eigenvalue weighted by Gasteiger charge is -2.27. The van der Waals surface area contributed by atoms with Crippen molar-refractivity contribution >= 4 is 33.7 Å². The van der Waals surface area contributed by atoms with Crippen molar-refractivity contribution in [3.8, 4) is 5.75 Å². The summed E-state index contributed by atoms with van der Waals surface area (Å²) < 4.78 is 31.2. The third-order valence-electron chi connectivity index (χ3n) is 5.44. The Hall–Kier alpha value is -3.40. The van der Waals surface area contributed by atoms with Gasteiger partial charge in [0.25, 0.3) is 11.8 Å². The SMILES string of the molecule is C[C@@H](C(=O)N/N=C\c1ccc(OCC(=O)N2CCCCC2)cc1)N(c1ccccc1)S(C)(=O)=O. The van der Waals surface area contributed by atoms with Crippen molar-refractivity contribution in [3.63, 3.8) is 0 Å². The first-order valence-corrected chi connectivity index (χ1v) is 13.0. The van der Waals surface area contributed by atoms with Crippen LogP contribution in [-0.2, 0) is 19.6 Å². The summed E-state index contributed by atoms with van der Waals surface area (Å²) in [7, 11) is -3.68. The molecule has 1 aliphatic heterocycles. The lowest BCUT2D eigenvalue weighted by Crippen LogP contribution is -2.46. The van der Waals surface area contributed by atoms with Gasteiger partial charge in [-0.2, -0.15) is 5.10 Å². The van der Waals surface area contributed by atoms with Crippen LogP contribution in [0, 0.1) is 0 Å². The van der Waals surface area contributed by atoms with Crippen LogP contribution in [-0.4, -0.2) is 63.3 Å². The van der Waals surface area contributed by atoms with Gasteiger partial charge < -0.3 is 9.64 Å². The number of hydrogen-bond acceptors (Lipinski definition) is 6. The number of anilines is 1. The molecule has 0 spiro atoms. The van der Waals surface area contributed by atoms with Crippen molar-refractivity contribution in [1.82, 2.24) is 10.3 Å². The standard InChI is InChI=1S/C24H30N4O5S/c1-19(28(34(2,31)32)21-9-5-3-6-10-21)24(30)26-25-17-20-11-13-22(14-12-20)33-18-23(29)27-15-7-4-8-16-27/h3,5-6,9-14,17,19H,4,7-8,15-16,18H2,1-2H3,(H,26,30)/b25-17-/t19-/m0/s1. The summed E-state index contributed by atoms with van der Waals surface area (Å²) in [5.41, 5.74) is 3.48. The molecule has 10 heteroatoms. The van der Waals surface area contributed by atoms with Crippen LogP contribution >= 0.6 is 0 Å². The number of hydrogen-bond donors (Lipinski definition) is 1. The monoisotopic (exact) mass is 486 g/mol. The fraction of sp³-hybridized carbons (Fsp3) is 0.375. The highest BCUT2D eigenvalue weighted by molar-refractivity contribution is 7.92. The predicted molar refractivity (Wildman–Crippen MR) is 131 cm³/mol. The maximum atomic E-state index is 12.5. The number of rotatable bonds is 9. The van der Waals surface area contributed by atoms with Crippen molar-refractivity contribution in [3.05, 3.63) is 60.2 Å². The van der Waals surface area contributed by atoms with Crippen molar-refractivity contribution in [2.75, 3.05) is 30.3 Å². The number of benzene rings is 2. The largest absolute Gasteiger partial charge is 0.484 e. The first kappa shape index (κ1) is 25.2. The number of nitrogens with zero attached hydrogens (tertiary/aromatic N) is 3. The molecule has 9 nitrogen and oxygen atoms in total. The Morgan fingerprint density at radius 2 is 1.74 bits per heavy atom. The summed E-state index contributed by atoms with van der Waals surface area (Å²) in [5.74, 6) is -0.0191. The summed E-state index contributed by atoms with van der Waals surface area (Å²) in [6, 6.07) is 14.3. The lowest BCUT2D eigenvalue weighted by molar-refractivity contribution is -0.134. The average molecular weight is 487 g/mol. The molecule has 2 aromatic rings. The smallest absolute Gasteiger partial charge is 0.263 e. The van der Waals surface area contributed by atoms with Crippen molar-refractivity contribution in [1.29, 1.82) is 0 Å². The van der Waals surface area contributed by atoms with E-state index in [1.54, 1.807) is 54.6 Å². The maximum Gasteiger partial charge on any atom is 0.263 e. The van der Waals surface area contributed by atoms with Crippen molar-refractivity contribution in [2.45, 2.75) is 32.2 Å². The van der Waals surface area contributed by atoms with E-state index in [0.717, 1.165) is 42.9 Å². The van der Waals surface area contributed by atoms with Crippen LogP contribution in [0.2, 0.25) is 0 Å². The number of likely N-dealkylation sites (tertiary alicyclic amines) is 1. The van der Waals surface area contributed by atoms with Crippen LogP contribution < -0.4 is 14.5 Å². The predicted octanol–water partition coefficient (Wildman–Crippen LogP) is 2.38. The van der Waals surface area contributed by atoms with E-state index >= 15 is 0 Å². The van der Waals surface area contributed by atoms with E-state index in [1.807, 2.05) is 4.90 Å². The molecule has 2 amide bonds.